The van der Waals surface area contributed by atoms with Gasteiger partial charge in [-0.15, -0.1) is 0 Å². The number of ether oxygens (including phenoxy) is 6. The Hall–Kier alpha value is -1.05. The molecule has 15 nitrogen and oxygen atoms in total. The standard InChI is InChI=1S/C41H79N3O12/c1-16-30-41(10,50)34(46)27(6)44(14)22-23(2)20-39(8,49)36(56-38-32(45)29(19-24(3)52-38)43(13)18-17-42(11)12)25(4)33(26(5)37(48)54-30)55-31-21-40(9,51-15)35(47)28(7)53-31/h23-36,38,45-47,49-50H,16-22H2,1-15H3/t23-,24-,25+,26-,27-,28+,29+,30-,31+,32-,33+,34-,35+,36-,38+,39+,40-,41-/m1/s1. The largest absolute Gasteiger partial charge is 0.459 e. The van der Waals surface area contributed by atoms with E-state index in [-0.39, 0.29) is 37.3 Å². The number of nitrogens with zero attached hydrogens (tertiary/aromatic N) is 3. The fourth-order valence-electron chi connectivity index (χ4n) is 9.18. The highest BCUT2D eigenvalue weighted by molar-refractivity contribution is 5.73. The molecule has 3 heterocycles. The van der Waals surface area contributed by atoms with E-state index in [0.717, 1.165) is 6.54 Å². The minimum Gasteiger partial charge on any atom is -0.459 e. The van der Waals surface area contributed by atoms with E-state index in [1.807, 2.05) is 60.8 Å². The molecule has 18 atom stereocenters. The molecule has 3 aliphatic rings. The minimum atomic E-state index is -1.81. The van der Waals surface area contributed by atoms with Crippen molar-refractivity contribution < 1.29 is 58.7 Å². The highest BCUT2D eigenvalue weighted by Gasteiger charge is 2.52. The number of hydrogen-bond donors (Lipinski definition) is 5. The summed E-state index contributed by atoms with van der Waals surface area (Å²) in [7, 11) is 9.33. The quantitative estimate of drug-likeness (QED) is 0.202. The third-order valence-electron chi connectivity index (χ3n) is 13.0. The average molecular weight is 806 g/mol. The van der Waals surface area contributed by atoms with Crippen LogP contribution in [0, 0.1) is 17.8 Å². The summed E-state index contributed by atoms with van der Waals surface area (Å²) in [6, 6.07) is -0.832. The van der Waals surface area contributed by atoms with Crippen molar-refractivity contribution in [3.05, 3.63) is 0 Å². The van der Waals surface area contributed by atoms with Crippen LogP contribution in [-0.4, -0.2) is 191 Å². The topological polar surface area (TPSA) is 183 Å². The van der Waals surface area contributed by atoms with E-state index in [2.05, 4.69) is 9.80 Å². The molecule has 0 amide bonds. The summed E-state index contributed by atoms with van der Waals surface area (Å²) < 4.78 is 37.9. The Balaban J connectivity index is 2.16. The summed E-state index contributed by atoms with van der Waals surface area (Å²) >= 11 is 0. The fourth-order valence-corrected chi connectivity index (χ4v) is 9.18. The predicted molar refractivity (Wildman–Crippen MR) is 212 cm³/mol. The molecule has 0 aromatic carbocycles. The summed E-state index contributed by atoms with van der Waals surface area (Å²) in [5.41, 5.74) is -4.40. The van der Waals surface area contributed by atoms with Crippen molar-refractivity contribution in [1.82, 2.24) is 14.7 Å². The molecule has 0 aromatic rings. The molecule has 0 saturated carbocycles. The molecule has 3 aliphatic heterocycles. The van der Waals surface area contributed by atoms with Crippen molar-refractivity contribution in [3.63, 3.8) is 0 Å². The van der Waals surface area contributed by atoms with Gasteiger partial charge in [0, 0.05) is 51.2 Å². The Morgan fingerprint density at radius 1 is 0.911 bits per heavy atom. The van der Waals surface area contributed by atoms with Crippen molar-refractivity contribution >= 4 is 5.97 Å². The van der Waals surface area contributed by atoms with Gasteiger partial charge in [-0.2, -0.15) is 0 Å². The Morgan fingerprint density at radius 2 is 1.54 bits per heavy atom. The van der Waals surface area contributed by atoms with Crippen LogP contribution in [0.15, 0.2) is 0 Å². The van der Waals surface area contributed by atoms with E-state index >= 15 is 0 Å². The molecular formula is C41H79N3O12. The van der Waals surface area contributed by atoms with Crippen molar-refractivity contribution in [1.29, 1.82) is 0 Å². The number of aliphatic hydroxyl groups excluding tert-OH is 3. The van der Waals surface area contributed by atoms with Crippen LogP contribution < -0.4 is 0 Å². The number of likely N-dealkylation sites (N-methyl/N-ethyl adjacent to an activating group) is 3. The van der Waals surface area contributed by atoms with Crippen LogP contribution in [0.1, 0.15) is 94.9 Å². The maximum absolute atomic E-state index is 14.3. The van der Waals surface area contributed by atoms with Gasteiger partial charge in [0.2, 0.25) is 0 Å². The molecule has 3 saturated heterocycles. The summed E-state index contributed by atoms with van der Waals surface area (Å²) in [6.07, 6.45) is -8.32. The van der Waals surface area contributed by atoms with Gasteiger partial charge in [-0.1, -0.05) is 20.8 Å². The lowest BCUT2D eigenvalue weighted by atomic mass is 9.77. The summed E-state index contributed by atoms with van der Waals surface area (Å²) in [5, 5.41) is 58.8. The summed E-state index contributed by atoms with van der Waals surface area (Å²) in [6.45, 7) is 19.6. The minimum absolute atomic E-state index is 0.130. The van der Waals surface area contributed by atoms with Crippen LogP contribution in [0.3, 0.4) is 0 Å². The molecule has 5 N–H and O–H groups in total. The van der Waals surface area contributed by atoms with Gasteiger partial charge < -0.3 is 63.8 Å². The highest BCUT2D eigenvalue weighted by atomic mass is 16.7. The van der Waals surface area contributed by atoms with Gasteiger partial charge in [0.1, 0.15) is 30.0 Å². The first-order valence-corrected chi connectivity index (χ1v) is 20.7. The molecule has 0 radical (unpaired) electrons. The molecule has 15 heteroatoms. The van der Waals surface area contributed by atoms with Crippen LogP contribution in [-0.2, 0) is 33.2 Å². The van der Waals surface area contributed by atoms with E-state index < -0.39 is 96.0 Å². The van der Waals surface area contributed by atoms with Gasteiger partial charge in [0.25, 0.3) is 0 Å². The zero-order chi connectivity index (χ0) is 42.7. The van der Waals surface area contributed by atoms with Crippen molar-refractivity contribution in [3.8, 4) is 0 Å². The van der Waals surface area contributed by atoms with E-state index in [1.165, 1.54) is 14.0 Å². The summed E-state index contributed by atoms with van der Waals surface area (Å²) in [4.78, 5) is 20.4. The Kier molecular flexibility index (Phi) is 17.6. The monoisotopic (exact) mass is 806 g/mol. The van der Waals surface area contributed by atoms with Gasteiger partial charge in [-0.3, -0.25) is 9.69 Å². The van der Waals surface area contributed by atoms with E-state index in [0.29, 0.717) is 19.5 Å². The van der Waals surface area contributed by atoms with Crippen LogP contribution >= 0.6 is 0 Å². The van der Waals surface area contributed by atoms with Crippen LogP contribution in [0.25, 0.3) is 0 Å². The van der Waals surface area contributed by atoms with Gasteiger partial charge in [0.05, 0.1) is 41.5 Å². The molecule has 0 aromatic heterocycles. The Bertz CT molecular complexity index is 1230. The predicted octanol–water partition coefficient (Wildman–Crippen LogP) is 1.83. The van der Waals surface area contributed by atoms with Gasteiger partial charge in [-0.25, -0.2) is 0 Å². The lowest BCUT2D eigenvalue weighted by Gasteiger charge is -2.49. The third-order valence-corrected chi connectivity index (χ3v) is 13.0. The van der Waals surface area contributed by atoms with Crippen LogP contribution in [0.4, 0.5) is 0 Å². The summed E-state index contributed by atoms with van der Waals surface area (Å²) in [5.74, 6) is -2.61. The second-order valence-corrected chi connectivity index (χ2v) is 18.5. The second kappa shape index (κ2) is 20.0. The first kappa shape index (κ1) is 49.3. The maximum atomic E-state index is 14.3. The van der Waals surface area contributed by atoms with Crippen molar-refractivity contribution in [2.24, 2.45) is 17.8 Å². The average Bonchev–Trinajstić information content (AvgIpc) is 3.11. The number of methoxy groups -OCH3 is 1. The number of rotatable bonds is 10. The Morgan fingerprint density at radius 3 is 2.11 bits per heavy atom. The van der Waals surface area contributed by atoms with Crippen molar-refractivity contribution in [2.75, 3.05) is 54.9 Å². The maximum Gasteiger partial charge on any atom is 0.311 e. The first-order chi connectivity index (χ1) is 25.8. The van der Waals surface area contributed by atoms with E-state index in [4.69, 9.17) is 28.4 Å². The van der Waals surface area contributed by atoms with Gasteiger partial charge in [0.15, 0.2) is 12.6 Å². The number of cyclic esters (lactones) is 1. The zero-order valence-electron chi connectivity index (χ0n) is 37.0. The lowest BCUT2D eigenvalue weighted by molar-refractivity contribution is -0.318. The molecule has 0 spiro atoms. The molecular weight excluding hydrogens is 726 g/mol. The van der Waals surface area contributed by atoms with Crippen molar-refractivity contribution in [2.45, 2.75) is 185 Å². The van der Waals surface area contributed by atoms with Gasteiger partial charge in [-0.05, 0) is 102 Å². The zero-order valence-corrected chi connectivity index (χ0v) is 37.0. The number of esters is 1. The fraction of sp³-hybridized carbons (Fsp3) is 0.976. The number of carbonyl (C=O) groups is 1. The normalized spacial score (nSPS) is 47.0. The third kappa shape index (κ3) is 11.6. The SMILES string of the molecule is CC[C@H]1OC(=O)[C@H](C)[C@@H](O[C@H]2C[C@@](C)(OC)[C@@H](O)[C@H](C)O2)[C@H](C)[C@@H](O[C@@H]2O[C@H](C)C[C@H](N(C)CCN(C)C)[C@H]2O)[C@@](C)(O)C[C@@H](C)CN(C)[C@H](C)[C@@H](O)[C@]1(C)O. The first-order valence-electron chi connectivity index (χ1n) is 20.7. The number of aliphatic hydroxyl groups is 5. The molecule has 3 fully saturated rings. The number of carbonyl (C=O) groups excluding carboxylic acids is 1. The number of hydrogen-bond acceptors (Lipinski definition) is 15. The van der Waals surface area contributed by atoms with Gasteiger partial charge >= 0.3 is 5.97 Å². The van der Waals surface area contributed by atoms with E-state index in [1.54, 1.807) is 34.6 Å². The molecule has 0 bridgehead atoms. The highest BCUT2D eigenvalue weighted by Crippen LogP contribution is 2.40. The molecule has 3 rings (SSSR count). The molecule has 0 aliphatic carbocycles. The van der Waals surface area contributed by atoms with Crippen LogP contribution in [0.2, 0.25) is 0 Å². The smallest absolute Gasteiger partial charge is 0.311 e. The molecule has 56 heavy (non-hydrogen) atoms. The second-order valence-electron chi connectivity index (χ2n) is 18.5. The van der Waals surface area contributed by atoms with E-state index in [9.17, 15) is 30.3 Å². The molecule has 0 unspecified atom stereocenters. The van der Waals surface area contributed by atoms with Crippen LogP contribution in [0.5, 0.6) is 0 Å². The lowest BCUT2D eigenvalue weighted by Crippen LogP contribution is -2.61. The Labute approximate surface area is 336 Å². The molecule has 330 valence electrons.